The van der Waals surface area contributed by atoms with E-state index < -0.39 is 0 Å². The largest absolute Gasteiger partial charge is 0.360 e. The maximum atomic E-state index is 12.0. The van der Waals surface area contributed by atoms with Gasteiger partial charge in [-0.25, -0.2) is 4.98 Å². The Labute approximate surface area is 134 Å². The summed E-state index contributed by atoms with van der Waals surface area (Å²) in [7, 11) is 0. The fraction of sp³-hybridized carbons (Fsp3) is 0.0667. The molecule has 1 N–H and O–H groups in total. The van der Waals surface area contributed by atoms with E-state index in [4.69, 9.17) is 23.2 Å². The van der Waals surface area contributed by atoms with Crippen LogP contribution in [0.25, 0.3) is 18.4 Å². The van der Waals surface area contributed by atoms with Gasteiger partial charge in [0.2, 0.25) is 0 Å². The SMILES string of the molecule is O=c1nc2c(s/c1=C/Nc1cccc(Cl)c1)=CC(Cl)C=C2. The molecule has 1 heterocycles. The Bertz CT molecular complexity index is 889. The Kier molecular flexibility index (Phi) is 4.10. The molecule has 1 atom stereocenters. The molecule has 21 heavy (non-hydrogen) atoms. The van der Waals surface area contributed by atoms with Gasteiger partial charge in [-0.05, 0) is 30.4 Å². The normalized spacial score (nSPS) is 17.2. The third kappa shape index (κ3) is 3.35. The number of nitrogens with one attached hydrogen (secondary N) is 1. The van der Waals surface area contributed by atoms with Crippen molar-refractivity contribution < 1.29 is 0 Å². The van der Waals surface area contributed by atoms with Gasteiger partial charge in [0.1, 0.15) is 4.53 Å². The lowest BCUT2D eigenvalue weighted by Crippen LogP contribution is -2.32. The summed E-state index contributed by atoms with van der Waals surface area (Å²) >= 11 is 13.3. The molecule has 3 nitrogen and oxygen atoms in total. The Morgan fingerprint density at radius 3 is 3.05 bits per heavy atom. The first kappa shape index (κ1) is 14.3. The summed E-state index contributed by atoms with van der Waals surface area (Å²) in [5.41, 5.74) is 1.21. The van der Waals surface area contributed by atoms with E-state index in [-0.39, 0.29) is 10.9 Å². The quantitative estimate of drug-likeness (QED) is 0.856. The van der Waals surface area contributed by atoms with Crippen molar-refractivity contribution in [1.29, 1.82) is 0 Å². The second kappa shape index (κ2) is 6.02. The third-order valence-electron chi connectivity index (χ3n) is 2.85. The molecule has 1 aliphatic carbocycles. The molecule has 1 aliphatic rings. The molecule has 0 amide bonds. The van der Waals surface area contributed by atoms with Crippen LogP contribution in [0.15, 0.2) is 35.1 Å². The predicted octanol–water partition coefficient (Wildman–Crippen LogP) is 2.42. The topological polar surface area (TPSA) is 42.0 Å². The van der Waals surface area contributed by atoms with Gasteiger partial charge in [-0.15, -0.1) is 22.9 Å². The fourth-order valence-corrected chi connectivity index (χ4v) is 3.26. The lowest BCUT2D eigenvalue weighted by Gasteiger charge is -2.04. The van der Waals surface area contributed by atoms with E-state index in [1.54, 1.807) is 30.5 Å². The molecule has 3 rings (SSSR count). The highest BCUT2D eigenvalue weighted by atomic mass is 35.5. The molecular formula is C15H10Cl2N2OS. The Hall–Kier alpha value is -1.62. The Balaban J connectivity index is 2.01. The first-order valence-electron chi connectivity index (χ1n) is 6.19. The van der Waals surface area contributed by atoms with Crippen molar-refractivity contribution in [2.24, 2.45) is 0 Å². The average molecular weight is 337 g/mol. The number of benzene rings is 1. The van der Waals surface area contributed by atoms with Gasteiger partial charge in [0.15, 0.2) is 0 Å². The van der Waals surface area contributed by atoms with Gasteiger partial charge in [0.05, 0.1) is 15.6 Å². The molecule has 106 valence electrons. The monoisotopic (exact) mass is 336 g/mol. The molecule has 6 heteroatoms. The summed E-state index contributed by atoms with van der Waals surface area (Å²) in [6.45, 7) is 0. The highest BCUT2D eigenvalue weighted by Gasteiger charge is 2.06. The number of hydrogen-bond acceptors (Lipinski definition) is 4. The summed E-state index contributed by atoms with van der Waals surface area (Å²) in [5.74, 6) is 0. The van der Waals surface area contributed by atoms with E-state index in [1.165, 1.54) is 11.3 Å². The summed E-state index contributed by atoms with van der Waals surface area (Å²) in [6, 6.07) is 7.27. The van der Waals surface area contributed by atoms with E-state index in [2.05, 4.69) is 10.3 Å². The first-order valence-corrected chi connectivity index (χ1v) is 7.82. The minimum absolute atomic E-state index is 0.165. The third-order valence-corrected chi connectivity index (χ3v) is 4.43. The van der Waals surface area contributed by atoms with Crippen molar-refractivity contribution in [1.82, 2.24) is 4.98 Å². The van der Waals surface area contributed by atoms with E-state index in [1.807, 2.05) is 18.2 Å². The molecule has 0 bridgehead atoms. The van der Waals surface area contributed by atoms with Gasteiger partial charge in [-0.1, -0.05) is 23.7 Å². The van der Waals surface area contributed by atoms with Crippen LogP contribution in [0.1, 0.15) is 5.69 Å². The van der Waals surface area contributed by atoms with Gasteiger partial charge >= 0.3 is 0 Å². The van der Waals surface area contributed by atoms with Crippen molar-refractivity contribution in [3.8, 4) is 0 Å². The maximum absolute atomic E-state index is 12.0. The van der Waals surface area contributed by atoms with E-state index >= 15 is 0 Å². The van der Waals surface area contributed by atoms with Gasteiger partial charge in [0, 0.05) is 16.9 Å². The summed E-state index contributed by atoms with van der Waals surface area (Å²) in [5, 5.41) is 3.52. The molecule has 1 aromatic heterocycles. The van der Waals surface area contributed by atoms with E-state index in [0.29, 0.717) is 15.2 Å². The number of aromatic nitrogens is 1. The van der Waals surface area contributed by atoms with Crippen molar-refractivity contribution >= 4 is 58.6 Å². The highest BCUT2D eigenvalue weighted by molar-refractivity contribution is 7.07. The number of halogens is 2. The summed E-state index contributed by atoms with van der Waals surface area (Å²) in [4.78, 5) is 16.0. The van der Waals surface area contributed by atoms with Gasteiger partial charge in [-0.3, -0.25) is 4.79 Å². The van der Waals surface area contributed by atoms with Crippen LogP contribution in [-0.2, 0) is 0 Å². The molecule has 0 aliphatic heterocycles. The van der Waals surface area contributed by atoms with Crippen LogP contribution in [0.5, 0.6) is 0 Å². The van der Waals surface area contributed by atoms with Crippen LogP contribution < -0.4 is 19.9 Å². The zero-order chi connectivity index (χ0) is 14.8. The number of anilines is 1. The van der Waals surface area contributed by atoms with Gasteiger partial charge in [-0.2, -0.15) is 0 Å². The van der Waals surface area contributed by atoms with Crippen LogP contribution in [0.4, 0.5) is 5.69 Å². The molecule has 0 radical (unpaired) electrons. The van der Waals surface area contributed by atoms with E-state index in [9.17, 15) is 4.79 Å². The van der Waals surface area contributed by atoms with Crippen molar-refractivity contribution in [2.45, 2.75) is 5.38 Å². The minimum atomic E-state index is -0.264. The highest BCUT2D eigenvalue weighted by Crippen LogP contribution is 2.14. The van der Waals surface area contributed by atoms with Crippen LogP contribution in [0, 0.1) is 0 Å². The smallest absolute Gasteiger partial charge is 0.289 e. The summed E-state index contributed by atoms with van der Waals surface area (Å²) in [6.07, 6.45) is 7.10. The lowest BCUT2D eigenvalue weighted by atomic mass is 10.2. The second-order valence-electron chi connectivity index (χ2n) is 4.40. The van der Waals surface area contributed by atoms with Crippen molar-refractivity contribution in [3.05, 3.63) is 60.5 Å². The van der Waals surface area contributed by atoms with Crippen molar-refractivity contribution in [3.63, 3.8) is 0 Å². The number of fused-ring (bicyclic) bond motifs is 1. The molecule has 0 spiro atoms. The molecule has 1 unspecified atom stereocenters. The average Bonchev–Trinajstić information content (AvgIpc) is 2.45. The molecule has 1 aromatic carbocycles. The van der Waals surface area contributed by atoms with Crippen LogP contribution in [0.2, 0.25) is 5.02 Å². The van der Waals surface area contributed by atoms with Crippen LogP contribution in [0.3, 0.4) is 0 Å². The standard InChI is InChI=1S/C15H10Cl2N2OS/c16-9-2-1-3-11(6-9)18-8-14-15(20)19-12-5-4-10(17)7-13(12)21-14/h1-8,10,18H/b14-8+. The lowest BCUT2D eigenvalue weighted by molar-refractivity contribution is 1.20. The second-order valence-corrected chi connectivity index (χ2v) is 6.43. The zero-order valence-corrected chi connectivity index (χ0v) is 13.0. The van der Waals surface area contributed by atoms with Crippen LogP contribution in [-0.4, -0.2) is 10.4 Å². The maximum Gasteiger partial charge on any atom is 0.289 e. The molecule has 2 aromatic rings. The van der Waals surface area contributed by atoms with Crippen LogP contribution >= 0.6 is 34.5 Å². The minimum Gasteiger partial charge on any atom is -0.360 e. The number of allylic oxidation sites excluding steroid dienone is 1. The van der Waals surface area contributed by atoms with Gasteiger partial charge < -0.3 is 5.32 Å². The molecule has 0 saturated heterocycles. The Morgan fingerprint density at radius 1 is 1.38 bits per heavy atom. The number of rotatable bonds is 2. The van der Waals surface area contributed by atoms with Crippen molar-refractivity contribution in [2.75, 3.05) is 5.32 Å². The Morgan fingerprint density at radius 2 is 2.24 bits per heavy atom. The zero-order valence-electron chi connectivity index (χ0n) is 10.7. The fourth-order valence-electron chi connectivity index (χ4n) is 1.87. The first-order chi connectivity index (χ1) is 10.1. The number of hydrogen-bond donors (Lipinski definition) is 1. The summed E-state index contributed by atoms with van der Waals surface area (Å²) < 4.78 is 1.42. The van der Waals surface area contributed by atoms with Gasteiger partial charge in [0.25, 0.3) is 5.56 Å². The molecule has 0 saturated carbocycles. The predicted molar refractivity (Wildman–Crippen MR) is 90.3 cm³/mol. The molecular weight excluding hydrogens is 327 g/mol. The van der Waals surface area contributed by atoms with E-state index in [0.717, 1.165) is 10.2 Å². The molecule has 0 fully saturated rings. The number of alkyl halides is 1. The number of nitrogens with zero attached hydrogens (tertiary/aromatic N) is 1.